The van der Waals surface area contributed by atoms with Crippen LogP contribution in [0.2, 0.25) is 0 Å². The van der Waals surface area contributed by atoms with Gasteiger partial charge in [-0.3, -0.25) is 0 Å². The lowest BCUT2D eigenvalue weighted by atomic mass is 10.1. The molecule has 0 bridgehead atoms. The Morgan fingerprint density at radius 1 is 1.21 bits per heavy atom. The van der Waals surface area contributed by atoms with Gasteiger partial charge in [-0.25, -0.2) is 0 Å². The van der Waals surface area contributed by atoms with Crippen molar-refractivity contribution in [3.05, 3.63) is 23.8 Å². The van der Waals surface area contributed by atoms with Crippen LogP contribution in [0.15, 0.2) is 18.2 Å². The average molecular weight is 297 g/mol. The lowest BCUT2D eigenvalue weighted by molar-refractivity contribution is -0.173. The molecule has 7 heteroatoms. The van der Waals surface area contributed by atoms with Gasteiger partial charge in [-0.15, -0.1) is 11.6 Å². The molecule has 0 saturated carbocycles. The predicted molar refractivity (Wildman–Crippen MR) is 62.9 cm³/mol. The second-order valence-electron chi connectivity index (χ2n) is 4.00. The van der Waals surface area contributed by atoms with E-state index in [1.165, 1.54) is 0 Å². The zero-order valence-electron chi connectivity index (χ0n) is 9.87. The number of hydrogen-bond acceptors (Lipinski definition) is 3. The summed E-state index contributed by atoms with van der Waals surface area (Å²) in [7, 11) is 0. The van der Waals surface area contributed by atoms with E-state index in [4.69, 9.17) is 21.1 Å². The lowest BCUT2D eigenvalue weighted by Crippen LogP contribution is -2.19. The third kappa shape index (κ3) is 4.18. The van der Waals surface area contributed by atoms with Crippen LogP contribution in [-0.4, -0.2) is 32.6 Å². The molecule has 1 heterocycles. The van der Waals surface area contributed by atoms with Gasteiger partial charge in [-0.1, -0.05) is 6.07 Å². The van der Waals surface area contributed by atoms with E-state index in [1.807, 2.05) is 0 Å². The van der Waals surface area contributed by atoms with Gasteiger partial charge in [0, 0.05) is 0 Å². The zero-order chi connectivity index (χ0) is 13.9. The summed E-state index contributed by atoms with van der Waals surface area (Å²) in [4.78, 5) is 0. The Bertz CT molecular complexity index is 437. The van der Waals surface area contributed by atoms with Crippen LogP contribution in [0.25, 0.3) is 0 Å². The Balaban J connectivity index is 1.94. The first-order chi connectivity index (χ1) is 8.96. The topological polar surface area (TPSA) is 27.7 Å². The molecular weight excluding hydrogens is 285 g/mol. The first kappa shape index (κ1) is 14.3. The molecule has 19 heavy (non-hydrogen) atoms. The van der Waals surface area contributed by atoms with Crippen LogP contribution in [0.3, 0.4) is 0 Å². The molecule has 0 fully saturated rings. The molecule has 0 amide bonds. The largest absolute Gasteiger partial charge is 0.486 e. The first-order valence-corrected chi connectivity index (χ1v) is 6.07. The zero-order valence-corrected chi connectivity index (χ0v) is 10.6. The summed E-state index contributed by atoms with van der Waals surface area (Å²) in [5, 5.41) is -0.668. The molecule has 1 aliphatic rings. The first-order valence-electron chi connectivity index (χ1n) is 5.64. The molecule has 1 aromatic carbocycles. The maximum Gasteiger partial charge on any atom is 0.411 e. The molecule has 3 nitrogen and oxygen atoms in total. The molecule has 0 saturated heterocycles. The van der Waals surface area contributed by atoms with Crippen molar-refractivity contribution in [1.82, 2.24) is 0 Å². The van der Waals surface area contributed by atoms with Gasteiger partial charge in [0.2, 0.25) is 0 Å². The third-order valence-corrected chi connectivity index (χ3v) is 2.84. The van der Waals surface area contributed by atoms with Gasteiger partial charge >= 0.3 is 6.18 Å². The maximum atomic E-state index is 11.9. The van der Waals surface area contributed by atoms with Crippen molar-refractivity contribution in [3.63, 3.8) is 0 Å². The average Bonchev–Trinajstić information content (AvgIpc) is 2.36. The molecule has 1 aromatic rings. The van der Waals surface area contributed by atoms with E-state index in [0.717, 1.165) is 0 Å². The fourth-order valence-corrected chi connectivity index (χ4v) is 1.85. The summed E-state index contributed by atoms with van der Waals surface area (Å²) in [5.41, 5.74) is 0.632. The molecule has 106 valence electrons. The normalized spacial score (nSPS) is 16.2. The SMILES string of the molecule is FC(F)(F)COCC(Cl)c1ccc2c(c1)OCCO2. The number of ether oxygens (including phenoxy) is 3. The Morgan fingerprint density at radius 3 is 2.58 bits per heavy atom. The van der Waals surface area contributed by atoms with Crippen LogP contribution < -0.4 is 9.47 Å². The summed E-state index contributed by atoms with van der Waals surface area (Å²) in [6.45, 7) is -0.610. The van der Waals surface area contributed by atoms with Crippen molar-refractivity contribution >= 4 is 11.6 Å². The molecule has 0 N–H and O–H groups in total. The highest BCUT2D eigenvalue weighted by Crippen LogP contribution is 2.34. The van der Waals surface area contributed by atoms with E-state index >= 15 is 0 Å². The van der Waals surface area contributed by atoms with E-state index < -0.39 is 18.2 Å². The Morgan fingerprint density at radius 2 is 1.89 bits per heavy atom. The summed E-state index contributed by atoms with van der Waals surface area (Å²) in [5.74, 6) is 1.15. The van der Waals surface area contributed by atoms with Gasteiger partial charge in [0.25, 0.3) is 0 Å². The van der Waals surface area contributed by atoms with Crippen molar-refractivity contribution in [2.45, 2.75) is 11.6 Å². The molecule has 0 spiro atoms. The second kappa shape index (κ2) is 5.88. The van der Waals surface area contributed by atoms with Crippen molar-refractivity contribution in [2.75, 3.05) is 26.4 Å². The molecule has 0 aliphatic carbocycles. The van der Waals surface area contributed by atoms with Crippen LogP contribution >= 0.6 is 11.6 Å². The molecule has 1 atom stereocenters. The molecular formula is C12H12ClF3O3. The highest BCUT2D eigenvalue weighted by Gasteiger charge is 2.28. The number of halogens is 4. The highest BCUT2D eigenvalue weighted by atomic mass is 35.5. The van der Waals surface area contributed by atoms with Crippen LogP contribution in [-0.2, 0) is 4.74 Å². The Kier molecular flexibility index (Phi) is 4.42. The summed E-state index contributed by atoms with van der Waals surface area (Å²) < 4.78 is 51.0. The predicted octanol–water partition coefficient (Wildman–Crippen LogP) is 3.32. The minimum absolute atomic E-state index is 0.222. The van der Waals surface area contributed by atoms with Crippen LogP contribution in [0.5, 0.6) is 11.5 Å². The van der Waals surface area contributed by atoms with Gasteiger partial charge in [-0.2, -0.15) is 13.2 Å². The van der Waals surface area contributed by atoms with Crippen molar-refractivity contribution < 1.29 is 27.4 Å². The lowest BCUT2D eigenvalue weighted by Gasteiger charge is -2.20. The number of fused-ring (bicyclic) bond motifs is 1. The highest BCUT2D eigenvalue weighted by molar-refractivity contribution is 6.20. The number of rotatable bonds is 4. The van der Waals surface area contributed by atoms with Gasteiger partial charge in [0.1, 0.15) is 19.8 Å². The van der Waals surface area contributed by atoms with E-state index in [0.29, 0.717) is 30.3 Å². The molecule has 2 rings (SSSR count). The van der Waals surface area contributed by atoms with Gasteiger partial charge in [0.05, 0.1) is 12.0 Å². The standard InChI is InChI=1S/C12H12ClF3O3/c13-9(6-17-7-12(14,15)16)8-1-2-10-11(5-8)19-4-3-18-10/h1-2,5,9H,3-4,6-7H2. The van der Waals surface area contributed by atoms with E-state index in [9.17, 15) is 13.2 Å². The number of benzene rings is 1. The fourth-order valence-electron chi connectivity index (χ4n) is 1.63. The minimum atomic E-state index is -4.34. The Labute approximate surface area is 113 Å². The smallest absolute Gasteiger partial charge is 0.411 e. The number of hydrogen-bond donors (Lipinski definition) is 0. The van der Waals surface area contributed by atoms with Gasteiger partial charge in [-0.05, 0) is 17.7 Å². The molecule has 0 radical (unpaired) electrons. The summed E-state index contributed by atoms with van der Waals surface area (Å²) in [6.07, 6.45) is -4.34. The number of alkyl halides is 4. The van der Waals surface area contributed by atoms with E-state index in [2.05, 4.69) is 4.74 Å². The minimum Gasteiger partial charge on any atom is -0.486 e. The quantitative estimate of drug-likeness (QED) is 0.798. The molecule has 1 aliphatic heterocycles. The van der Waals surface area contributed by atoms with E-state index in [-0.39, 0.29) is 6.61 Å². The van der Waals surface area contributed by atoms with Crippen LogP contribution in [0.4, 0.5) is 13.2 Å². The molecule has 0 aromatic heterocycles. The van der Waals surface area contributed by atoms with Crippen molar-refractivity contribution in [3.8, 4) is 11.5 Å². The van der Waals surface area contributed by atoms with Gasteiger partial charge in [0.15, 0.2) is 11.5 Å². The van der Waals surface area contributed by atoms with Crippen LogP contribution in [0.1, 0.15) is 10.9 Å². The monoisotopic (exact) mass is 296 g/mol. The van der Waals surface area contributed by atoms with E-state index in [1.54, 1.807) is 18.2 Å². The second-order valence-corrected chi connectivity index (χ2v) is 4.53. The maximum absolute atomic E-state index is 11.9. The van der Waals surface area contributed by atoms with Crippen LogP contribution in [0, 0.1) is 0 Å². The Hall–Kier alpha value is -1.14. The summed E-state index contributed by atoms with van der Waals surface area (Å²) >= 11 is 5.99. The third-order valence-electron chi connectivity index (χ3n) is 2.46. The molecule has 1 unspecified atom stereocenters. The van der Waals surface area contributed by atoms with Gasteiger partial charge < -0.3 is 14.2 Å². The fraction of sp³-hybridized carbons (Fsp3) is 0.500. The van der Waals surface area contributed by atoms with Crippen molar-refractivity contribution in [1.29, 1.82) is 0 Å². The van der Waals surface area contributed by atoms with Crippen molar-refractivity contribution in [2.24, 2.45) is 0 Å². The summed E-state index contributed by atoms with van der Waals surface area (Å²) in [6, 6.07) is 5.02.